The summed E-state index contributed by atoms with van der Waals surface area (Å²) < 4.78 is 5.68. The van der Waals surface area contributed by atoms with E-state index in [-0.39, 0.29) is 24.0 Å². The molecule has 2 aliphatic rings. The van der Waals surface area contributed by atoms with Crippen molar-refractivity contribution in [1.29, 1.82) is 0 Å². The minimum absolute atomic E-state index is 0. The first kappa shape index (κ1) is 20.2. The van der Waals surface area contributed by atoms with Crippen LogP contribution in [-0.4, -0.2) is 68.3 Å². The molecule has 1 saturated carbocycles. The van der Waals surface area contributed by atoms with Crippen LogP contribution in [0.5, 0.6) is 0 Å². The number of ether oxygens (including phenoxy) is 1. The summed E-state index contributed by atoms with van der Waals surface area (Å²) in [5.41, 5.74) is 0. The number of hydrogen-bond acceptors (Lipinski definition) is 4. The molecule has 0 unspecified atom stereocenters. The third-order valence-electron chi connectivity index (χ3n) is 4.44. The Bertz CT molecular complexity index is 515. The van der Waals surface area contributed by atoms with Gasteiger partial charge in [0.2, 0.25) is 0 Å². The number of pyridine rings is 1. The number of anilines is 1. The molecule has 7 heteroatoms. The topological polar surface area (TPSA) is 53.0 Å². The first-order valence-corrected chi connectivity index (χ1v) is 9.14. The fraction of sp³-hybridized carbons (Fsp3) is 0.667. The van der Waals surface area contributed by atoms with Crippen LogP contribution in [-0.2, 0) is 4.74 Å². The van der Waals surface area contributed by atoms with Crippen LogP contribution in [0.3, 0.4) is 0 Å². The maximum atomic E-state index is 5.68. The molecule has 1 aliphatic heterocycles. The first-order valence-electron chi connectivity index (χ1n) is 9.14. The molecular weight excluding hydrogens is 429 g/mol. The zero-order chi connectivity index (χ0) is 16.6. The predicted octanol–water partition coefficient (Wildman–Crippen LogP) is 2.21. The Labute approximate surface area is 168 Å². The average Bonchev–Trinajstić information content (AvgIpc) is 3.46. The lowest BCUT2D eigenvalue weighted by molar-refractivity contribution is 0.131. The second kappa shape index (κ2) is 10.8. The summed E-state index contributed by atoms with van der Waals surface area (Å²) in [5.74, 6) is 2.89. The second-order valence-corrected chi connectivity index (χ2v) is 6.42. The number of piperazine rings is 1. The van der Waals surface area contributed by atoms with E-state index in [2.05, 4.69) is 33.1 Å². The zero-order valence-electron chi connectivity index (χ0n) is 15.1. The van der Waals surface area contributed by atoms with Crippen molar-refractivity contribution in [1.82, 2.24) is 15.2 Å². The summed E-state index contributed by atoms with van der Waals surface area (Å²) in [7, 11) is 0. The molecule has 0 amide bonds. The van der Waals surface area contributed by atoms with Gasteiger partial charge in [0.15, 0.2) is 5.96 Å². The standard InChI is InChI=1S/C18H29N5O.HI/c1-2-19-18(21-9-14-24-15-16-6-7-16)23-12-10-22(11-13-23)17-5-3-4-8-20-17;/h3-5,8,16H,2,6-7,9-15H2,1H3,(H,19,21);1H. The Balaban J connectivity index is 0.00000225. The smallest absolute Gasteiger partial charge is 0.194 e. The number of aromatic nitrogens is 1. The quantitative estimate of drug-likeness (QED) is 0.293. The second-order valence-electron chi connectivity index (χ2n) is 6.42. The number of hydrogen-bond donors (Lipinski definition) is 1. The van der Waals surface area contributed by atoms with Gasteiger partial charge in [-0.05, 0) is 37.8 Å². The minimum atomic E-state index is 0. The van der Waals surface area contributed by atoms with Gasteiger partial charge in [0.25, 0.3) is 0 Å². The fourth-order valence-corrected chi connectivity index (χ4v) is 2.86. The molecule has 1 saturated heterocycles. The molecule has 0 bridgehead atoms. The molecule has 0 aromatic carbocycles. The van der Waals surface area contributed by atoms with Crippen LogP contribution in [0.15, 0.2) is 29.4 Å². The van der Waals surface area contributed by atoms with Crippen molar-refractivity contribution in [2.45, 2.75) is 19.8 Å². The van der Waals surface area contributed by atoms with Gasteiger partial charge in [-0.15, -0.1) is 24.0 Å². The highest BCUT2D eigenvalue weighted by Crippen LogP contribution is 2.28. The van der Waals surface area contributed by atoms with Gasteiger partial charge in [-0.3, -0.25) is 4.99 Å². The average molecular weight is 459 g/mol. The molecule has 25 heavy (non-hydrogen) atoms. The maximum absolute atomic E-state index is 5.68. The number of aliphatic imine (C=N–C) groups is 1. The number of guanidine groups is 1. The summed E-state index contributed by atoms with van der Waals surface area (Å²) >= 11 is 0. The van der Waals surface area contributed by atoms with Crippen LogP contribution in [0.2, 0.25) is 0 Å². The highest BCUT2D eigenvalue weighted by molar-refractivity contribution is 14.0. The van der Waals surface area contributed by atoms with Crippen LogP contribution >= 0.6 is 24.0 Å². The molecule has 1 N–H and O–H groups in total. The van der Waals surface area contributed by atoms with Crippen molar-refractivity contribution in [2.75, 3.05) is 57.4 Å². The molecule has 1 aromatic rings. The van der Waals surface area contributed by atoms with Gasteiger partial charge >= 0.3 is 0 Å². The SMILES string of the molecule is CCNC(=NCCOCC1CC1)N1CCN(c2ccccn2)CC1.I. The zero-order valence-corrected chi connectivity index (χ0v) is 17.4. The fourth-order valence-electron chi connectivity index (χ4n) is 2.86. The summed E-state index contributed by atoms with van der Waals surface area (Å²) in [6, 6.07) is 6.08. The summed E-state index contributed by atoms with van der Waals surface area (Å²) in [4.78, 5) is 13.8. The lowest BCUT2D eigenvalue weighted by atomic mass is 10.3. The number of nitrogens with zero attached hydrogens (tertiary/aromatic N) is 4. The normalized spacial score (nSPS) is 18.0. The van der Waals surface area contributed by atoms with Crippen molar-refractivity contribution in [3.63, 3.8) is 0 Å². The van der Waals surface area contributed by atoms with E-state index in [9.17, 15) is 0 Å². The third kappa shape index (κ3) is 6.62. The van der Waals surface area contributed by atoms with E-state index in [0.717, 1.165) is 70.2 Å². The van der Waals surface area contributed by atoms with Gasteiger partial charge in [-0.1, -0.05) is 6.07 Å². The first-order chi connectivity index (χ1) is 11.9. The summed E-state index contributed by atoms with van der Waals surface area (Å²) in [6.45, 7) is 9.24. The molecule has 6 nitrogen and oxygen atoms in total. The Morgan fingerprint density at radius 1 is 1.28 bits per heavy atom. The van der Waals surface area contributed by atoms with Gasteiger partial charge in [-0.25, -0.2) is 4.98 Å². The molecule has 2 heterocycles. The van der Waals surface area contributed by atoms with Gasteiger partial charge in [0.05, 0.1) is 13.2 Å². The van der Waals surface area contributed by atoms with Gasteiger partial charge < -0.3 is 19.9 Å². The van der Waals surface area contributed by atoms with E-state index >= 15 is 0 Å². The summed E-state index contributed by atoms with van der Waals surface area (Å²) in [6.07, 6.45) is 4.54. The molecule has 0 spiro atoms. The van der Waals surface area contributed by atoms with E-state index in [4.69, 9.17) is 9.73 Å². The molecule has 1 aromatic heterocycles. The minimum Gasteiger partial charge on any atom is -0.379 e. The van der Waals surface area contributed by atoms with Crippen molar-refractivity contribution < 1.29 is 4.74 Å². The van der Waals surface area contributed by atoms with Gasteiger partial charge in [0, 0.05) is 45.5 Å². The molecule has 0 atom stereocenters. The number of nitrogens with one attached hydrogen (secondary N) is 1. The van der Waals surface area contributed by atoms with Crippen LogP contribution in [0.4, 0.5) is 5.82 Å². The predicted molar refractivity (Wildman–Crippen MR) is 113 cm³/mol. The Kier molecular flexibility index (Phi) is 8.74. The van der Waals surface area contributed by atoms with E-state index < -0.39 is 0 Å². The Morgan fingerprint density at radius 2 is 2.08 bits per heavy atom. The molecule has 140 valence electrons. The van der Waals surface area contributed by atoms with E-state index in [1.54, 1.807) is 0 Å². The van der Waals surface area contributed by atoms with Crippen LogP contribution in [0.25, 0.3) is 0 Å². The number of halogens is 1. The third-order valence-corrected chi connectivity index (χ3v) is 4.44. The summed E-state index contributed by atoms with van der Waals surface area (Å²) in [5, 5.41) is 3.41. The van der Waals surface area contributed by atoms with E-state index in [1.165, 1.54) is 12.8 Å². The molecule has 0 radical (unpaired) electrons. The molecule has 2 fully saturated rings. The largest absolute Gasteiger partial charge is 0.379 e. The Morgan fingerprint density at radius 3 is 2.72 bits per heavy atom. The lowest BCUT2D eigenvalue weighted by Crippen LogP contribution is -2.52. The highest BCUT2D eigenvalue weighted by atomic mass is 127. The Hall–Kier alpha value is -1.09. The molecule has 1 aliphatic carbocycles. The van der Waals surface area contributed by atoms with Crippen molar-refractivity contribution in [3.05, 3.63) is 24.4 Å². The van der Waals surface area contributed by atoms with Gasteiger partial charge in [-0.2, -0.15) is 0 Å². The van der Waals surface area contributed by atoms with E-state index in [1.807, 2.05) is 18.3 Å². The maximum Gasteiger partial charge on any atom is 0.194 e. The number of rotatable bonds is 7. The van der Waals surface area contributed by atoms with Crippen LogP contribution < -0.4 is 10.2 Å². The van der Waals surface area contributed by atoms with E-state index in [0.29, 0.717) is 0 Å². The van der Waals surface area contributed by atoms with Crippen molar-refractivity contribution in [3.8, 4) is 0 Å². The van der Waals surface area contributed by atoms with Gasteiger partial charge in [0.1, 0.15) is 5.82 Å². The highest BCUT2D eigenvalue weighted by Gasteiger charge is 2.21. The van der Waals surface area contributed by atoms with Crippen molar-refractivity contribution in [2.24, 2.45) is 10.9 Å². The van der Waals surface area contributed by atoms with Crippen LogP contribution in [0, 0.1) is 5.92 Å². The van der Waals surface area contributed by atoms with Crippen LogP contribution in [0.1, 0.15) is 19.8 Å². The monoisotopic (exact) mass is 459 g/mol. The lowest BCUT2D eigenvalue weighted by Gasteiger charge is -2.37. The molecular formula is C18H30IN5O. The van der Waals surface area contributed by atoms with Crippen molar-refractivity contribution >= 4 is 35.8 Å². The molecule has 3 rings (SSSR count).